The van der Waals surface area contributed by atoms with Crippen LogP contribution in [0.5, 0.6) is 11.6 Å². The number of nitrogens with zero attached hydrogens (tertiary/aromatic N) is 3. The number of amides is 4. The lowest BCUT2D eigenvalue weighted by Gasteiger charge is -2.29. The molecule has 1 aliphatic carbocycles. The highest BCUT2D eigenvalue weighted by molar-refractivity contribution is 7.21. The number of urea groups is 1. The molecule has 11 heteroatoms. The van der Waals surface area contributed by atoms with Gasteiger partial charge in [0.2, 0.25) is 11.8 Å². The van der Waals surface area contributed by atoms with Crippen molar-refractivity contribution in [2.24, 2.45) is 0 Å². The summed E-state index contributed by atoms with van der Waals surface area (Å²) in [5, 5.41) is 9.74. The fourth-order valence-electron chi connectivity index (χ4n) is 5.23. The number of ether oxygens (including phenoxy) is 1. The molecular weight excluding hydrogens is 528 g/mol. The van der Waals surface area contributed by atoms with E-state index in [2.05, 4.69) is 25.9 Å². The van der Waals surface area contributed by atoms with Crippen LogP contribution in [-0.2, 0) is 4.79 Å². The predicted octanol–water partition coefficient (Wildman–Crippen LogP) is 5.65. The zero-order chi connectivity index (χ0) is 27.8. The maximum Gasteiger partial charge on any atom is 0.331 e. The lowest BCUT2D eigenvalue weighted by molar-refractivity contribution is -0.121. The van der Waals surface area contributed by atoms with E-state index < -0.39 is 6.03 Å². The summed E-state index contributed by atoms with van der Waals surface area (Å²) in [6.07, 6.45) is 5.96. The van der Waals surface area contributed by atoms with Crippen molar-refractivity contribution in [3.05, 3.63) is 65.3 Å². The molecule has 1 fully saturated rings. The average Bonchev–Trinajstić information content (AvgIpc) is 3.55. The van der Waals surface area contributed by atoms with E-state index in [1.165, 1.54) is 11.3 Å². The first-order chi connectivity index (χ1) is 19.4. The third kappa shape index (κ3) is 4.84. The van der Waals surface area contributed by atoms with Crippen LogP contribution in [-0.4, -0.2) is 39.9 Å². The van der Waals surface area contributed by atoms with Crippen LogP contribution in [0.3, 0.4) is 0 Å². The zero-order valence-corrected chi connectivity index (χ0v) is 22.9. The van der Waals surface area contributed by atoms with Gasteiger partial charge in [0.25, 0.3) is 5.91 Å². The summed E-state index contributed by atoms with van der Waals surface area (Å²) in [5.74, 6) is 0.843. The standard InChI is InChI=1S/C29H28N6O4S/c1-3-22(36)32-17-9-10-18(14-17)33-27(37)26-25-24-20(11-12-30-28(24)40-26)35(29(38)34-25)21-15-31-23(13-16(21)2)39-19-7-5-4-6-8-19/h4-8,11-13,15,17-18H,3,9-10,14H2,1-2H3,(H,32,36)(H,33,37)(H,34,38)/t17-,18+/m0/s1. The second-order valence-electron chi connectivity index (χ2n) is 9.91. The van der Waals surface area contributed by atoms with Gasteiger partial charge in [-0.25, -0.2) is 14.8 Å². The fraction of sp³-hybridized carbons (Fsp3) is 0.276. The van der Waals surface area contributed by atoms with E-state index in [0.29, 0.717) is 56.6 Å². The summed E-state index contributed by atoms with van der Waals surface area (Å²) >= 11 is 1.25. The smallest absolute Gasteiger partial charge is 0.331 e. The molecule has 0 radical (unpaired) electrons. The fourth-order valence-corrected chi connectivity index (χ4v) is 6.25. The topological polar surface area (TPSA) is 126 Å². The number of rotatable bonds is 7. The van der Waals surface area contributed by atoms with E-state index in [4.69, 9.17) is 4.74 Å². The Kier molecular flexibility index (Phi) is 6.81. The summed E-state index contributed by atoms with van der Waals surface area (Å²) in [6, 6.07) is 12.5. The molecule has 4 heterocycles. The van der Waals surface area contributed by atoms with E-state index >= 15 is 0 Å². The van der Waals surface area contributed by atoms with E-state index in [-0.39, 0.29) is 23.9 Å². The molecule has 1 aromatic carbocycles. The highest BCUT2D eigenvalue weighted by Gasteiger charge is 2.35. The number of thiophene rings is 1. The number of nitrogens with one attached hydrogen (secondary N) is 3. The summed E-state index contributed by atoms with van der Waals surface area (Å²) in [4.78, 5) is 50.1. The first kappa shape index (κ1) is 25.8. The Balaban J connectivity index is 1.26. The zero-order valence-electron chi connectivity index (χ0n) is 22.1. The Labute approximate surface area is 234 Å². The number of anilines is 3. The first-order valence-electron chi connectivity index (χ1n) is 13.2. The van der Waals surface area contributed by atoms with Crippen molar-refractivity contribution in [3.63, 3.8) is 0 Å². The minimum Gasteiger partial charge on any atom is -0.439 e. The van der Waals surface area contributed by atoms with Crippen molar-refractivity contribution in [2.75, 3.05) is 10.2 Å². The molecule has 0 bridgehead atoms. The van der Waals surface area contributed by atoms with Gasteiger partial charge in [0.05, 0.1) is 28.6 Å². The molecule has 6 rings (SSSR count). The van der Waals surface area contributed by atoms with Gasteiger partial charge >= 0.3 is 6.03 Å². The molecule has 3 N–H and O–H groups in total. The third-order valence-corrected chi connectivity index (χ3v) is 8.27. The molecule has 4 amide bonds. The van der Waals surface area contributed by atoms with Crippen LogP contribution < -0.4 is 25.6 Å². The molecule has 10 nitrogen and oxygen atoms in total. The minimum atomic E-state index is -0.391. The van der Waals surface area contributed by atoms with Crippen molar-refractivity contribution in [1.82, 2.24) is 20.6 Å². The van der Waals surface area contributed by atoms with Crippen molar-refractivity contribution in [1.29, 1.82) is 0 Å². The summed E-state index contributed by atoms with van der Waals surface area (Å²) in [5.41, 5.74) is 2.48. The van der Waals surface area contributed by atoms with Crippen LogP contribution in [0.25, 0.3) is 10.2 Å². The lowest BCUT2D eigenvalue weighted by Crippen LogP contribution is -2.38. The van der Waals surface area contributed by atoms with Gasteiger partial charge in [0.1, 0.15) is 15.5 Å². The van der Waals surface area contributed by atoms with Gasteiger partial charge < -0.3 is 20.7 Å². The number of aromatic nitrogens is 2. The Hall–Kier alpha value is -4.51. The van der Waals surface area contributed by atoms with Crippen molar-refractivity contribution < 1.29 is 19.1 Å². The van der Waals surface area contributed by atoms with Gasteiger partial charge in [-0.3, -0.25) is 14.5 Å². The monoisotopic (exact) mass is 556 g/mol. The van der Waals surface area contributed by atoms with Gasteiger partial charge in [-0.2, -0.15) is 0 Å². The van der Waals surface area contributed by atoms with Crippen molar-refractivity contribution in [2.45, 2.75) is 51.6 Å². The predicted molar refractivity (Wildman–Crippen MR) is 154 cm³/mol. The van der Waals surface area contributed by atoms with Crippen molar-refractivity contribution >= 4 is 56.5 Å². The van der Waals surface area contributed by atoms with Gasteiger partial charge in [0, 0.05) is 30.8 Å². The van der Waals surface area contributed by atoms with Crippen LogP contribution in [0.1, 0.15) is 47.8 Å². The highest BCUT2D eigenvalue weighted by atomic mass is 32.1. The van der Waals surface area contributed by atoms with E-state index in [0.717, 1.165) is 18.4 Å². The molecule has 1 saturated carbocycles. The molecule has 2 atom stereocenters. The Bertz CT molecular complexity index is 1620. The summed E-state index contributed by atoms with van der Waals surface area (Å²) < 4.78 is 5.85. The number of pyridine rings is 2. The molecule has 0 unspecified atom stereocenters. The summed E-state index contributed by atoms with van der Waals surface area (Å²) in [6.45, 7) is 3.71. The maximum absolute atomic E-state index is 13.5. The Morgan fingerprint density at radius 1 is 1.10 bits per heavy atom. The molecule has 40 heavy (non-hydrogen) atoms. The molecule has 204 valence electrons. The van der Waals surface area contributed by atoms with Crippen molar-refractivity contribution in [3.8, 4) is 11.6 Å². The van der Waals surface area contributed by atoms with E-state index in [9.17, 15) is 14.4 Å². The quantitative estimate of drug-likeness (QED) is 0.270. The molecule has 1 aliphatic heterocycles. The number of hydrogen-bond acceptors (Lipinski definition) is 7. The number of aryl methyl sites for hydroxylation is 1. The highest BCUT2D eigenvalue weighted by Crippen LogP contribution is 2.46. The Morgan fingerprint density at radius 3 is 2.62 bits per heavy atom. The van der Waals surface area contributed by atoms with Gasteiger partial charge in [0.15, 0.2) is 0 Å². The SMILES string of the molecule is CCC(=O)N[C@H]1CC[C@@H](NC(=O)c2sc3nccc4c3c2NC(=O)N4c2cnc(Oc3ccccc3)cc2C)C1. The van der Waals surface area contributed by atoms with Gasteiger partial charge in [-0.05, 0) is 49.9 Å². The molecule has 4 aromatic rings. The molecule has 3 aromatic heterocycles. The molecule has 2 aliphatic rings. The normalized spacial score (nSPS) is 17.9. The van der Waals surface area contributed by atoms with Crippen LogP contribution in [0.4, 0.5) is 21.9 Å². The number of carbonyl (C=O) groups excluding carboxylic acids is 3. The first-order valence-corrected chi connectivity index (χ1v) is 14.0. The maximum atomic E-state index is 13.5. The van der Waals surface area contributed by atoms with Crippen LogP contribution in [0.2, 0.25) is 0 Å². The van der Waals surface area contributed by atoms with Crippen LogP contribution in [0, 0.1) is 6.92 Å². The molecule has 0 spiro atoms. The largest absolute Gasteiger partial charge is 0.439 e. The minimum absolute atomic E-state index is 0.0144. The van der Waals surface area contributed by atoms with E-state index in [1.807, 2.05) is 44.2 Å². The van der Waals surface area contributed by atoms with E-state index in [1.54, 1.807) is 29.4 Å². The van der Waals surface area contributed by atoms with Gasteiger partial charge in [-0.15, -0.1) is 11.3 Å². The average molecular weight is 557 g/mol. The third-order valence-electron chi connectivity index (χ3n) is 7.17. The van der Waals surface area contributed by atoms with Gasteiger partial charge in [-0.1, -0.05) is 25.1 Å². The second-order valence-corrected chi connectivity index (χ2v) is 10.9. The lowest BCUT2D eigenvalue weighted by atomic mass is 10.1. The van der Waals surface area contributed by atoms with Crippen LogP contribution >= 0.6 is 11.3 Å². The Morgan fingerprint density at radius 2 is 1.88 bits per heavy atom. The van der Waals surface area contributed by atoms with Crippen LogP contribution in [0.15, 0.2) is 54.9 Å². The number of hydrogen-bond donors (Lipinski definition) is 3. The second kappa shape index (κ2) is 10.6. The number of carbonyl (C=O) groups is 3. The molecule has 0 saturated heterocycles. The molecular formula is C29H28N6O4S. The summed E-state index contributed by atoms with van der Waals surface area (Å²) in [7, 11) is 0. The number of para-hydroxylation sites is 1. The number of benzene rings is 1.